The number of nitrogens with two attached hydrogens (primary N) is 1. The lowest BCUT2D eigenvalue weighted by Crippen LogP contribution is -2.50. The third-order valence-electron chi connectivity index (χ3n) is 3.30. The highest BCUT2D eigenvalue weighted by molar-refractivity contribution is 5.65. The lowest BCUT2D eigenvalue weighted by molar-refractivity contribution is -0.637. The molecule has 0 radical (unpaired) electrons. The Morgan fingerprint density at radius 3 is 2.00 bits per heavy atom. The Balaban J connectivity index is 2.19. The van der Waals surface area contributed by atoms with Crippen molar-refractivity contribution in [2.45, 2.75) is 6.92 Å². The van der Waals surface area contributed by atoms with Crippen molar-refractivity contribution < 1.29 is 4.68 Å². The molecule has 0 fully saturated rings. The van der Waals surface area contributed by atoms with Gasteiger partial charge in [0.1, 0.15) is 0 Å². The molecule has 0 spiro atoms. The first kappa shape index (κ1) is 12.4. The summed E-state index contributed by atoms with van der Waals surface area (Å²) in [7, 11) is 0. The summed E-state index contributed by atoms with van der Waals surface area (Å²) in [5, 5.41) is 0. The van der Waals surface area contributed by atoms with Crippen LogP contribution >= 0.6 is 0 Å². The molecular formula is C17H16N3+. The number of nitrogen functional groups attached to an aromatic ring is 1. The Hall–Kier alpha value is -2.68. The van der Waals surface area contributed by atoms with Gasteiger partial charge in [-0.3, -0.25) is 5.84 Å². The minimum atomic E-state index is 0.783. The quantitative estimate of drug-likeness (QED) is 0.570. The van der Waals surface area contributed by atoms with Crippen LogP contribution in [0.5, 0.6) is 0 Å². The van der Waals surface area contributed by atoms with Gasteiger partial charge >= 0.3 is 5.82 Å². The molecule has 1 aromatic heterocycles. The van der Waals surface area contributed by atoms with E-state index in [1.54, 1.807) is 4.68 Å². The zero-order chi connectivity index (χ0) is 13.9. The molecule has 3 rings (SSSR count). The van der Waals surface area contributed by atoms with Crippen LogP contribution in [-0.2, 0) is 0 Å². The zero-order valence-corrected chi connectivity index (χ0v) is 11.3. The Morgan fingerprint density at radius 1 is 0.850 bits per heavy atom. The summed E-state index contributed by atoms with van der Waals surface area (Å²) in [4.78, 5) is 4.57. The summed E-state index contributed by atoms with van der Waals surface area (Å²) in [6.07, 6.45) is 0. The van der Waals surface area contributed by atoms with Gasteiger partial charge in [0.15, 0.2) is 11.4 Å². The highest BCUT2D eigenvalue weighted by atomic mass is 15.3. The Kier molecular flexibility index (Phi) is 3.17. The monoisotopic (exact) mass is 262 g/mol. The Morgan fingerprint density at radius 2 is 1.40 bits per heavy atom. The number of hydrogen-bond acceptors (Lipinski definition) is 2. The molecule has 1 heterocycles. The van der Waals surface area contributed by atoms with Gasteiger partial charge < -0.3 is 0 Å². The molecule has 0 atom stereocenters. The van der Waals surface area contributed by atoms with Crippen molar-refractivity contribution in [3.8, 4) is 22.5 Å². The topological polar surface area (TPSA) is 42.8 Å². The molecule has 0 bridgehead atoms. The number of hydrogen-bond donors (Lipinski definition) is 1. The average molecular weight is 262 g/mol. The van der Waals surface area contributed by atoms with E-state index >= 15 is 0 Å². The van der Waals surface area contributed by atoms with Crippen LogP contribution in [0, 0.1) is 6.92 Å². The van der Waals surface area contributed by atoms with E-state index in [4.69, 9.17) is 5.84 Å². The second kappa shape index (κ2) is 5.13. The summed E-state index contributed by atoms with van der Waals surface area (Å²) in [6.45, 7) is 1.92. The van der Waals surface area contributed by atoms with Crippen LogP contribution in [0.2, 0.25) is 0 Å². The fraction of sp³-hybridized carbons (Fsp3) is 0.0588. The molecule has 3 nitrogen and oxygen atoms in total. The number of rotatable bonds is 2. The first-order valence-electron chi connectivity index (χ1n) is 6.55. The second-order valence-electron chi connectivity index (χ2n) is 4.68. The lowest BCUT2D eigenvalue weighted by Gasteiger charge is -2.05. The van der Waals surface area contributed by atoms with E-state index in [2.05, 4.69) is 17.1 Å². The van der Waals surface area contributed by atoms with Gasteiger partial charge in [-0.15, -0.1) is 4.68 Å². The molecule has 3 heteroatoms. The van der Waals surface area contributed by atoms with Gasteiger partial charge in [0.05, 0.1) is 0 Å². The van der Waals surface area contributed by atoms with Crippen LogP contribution in [0.3, 0.4) is 0 Å². The molecule has 20 heavy (non-hydrogen) atoms. The highest BCUT2D eigenvalue weighted by Crippen LogP contribution is 2.21. The van der Waals surface area contributed by atoms with Gasteiger partial charge in [-0.1, -0.05) is 60.7 Å². The van der Waals surface area contributed by atoms with Crippen molar-refractivity contribution >= 4 is 0 Å². The summed E-state index contributed by atoms with van der Waals surface area (Å²) < 4.78 is 1.63. The van der Waals surface area contributed by atoms with Crippen molar-refractivity contribution in [1.82, 2.24) is 4.98 Å². The van der Waals surface area contributed by atoms with Gasteiger partial charge in [-0.25, -0.2) is 0 Å². The molecule has 3 aromatic rings. The molecule has 0 saturated carbocycles. The molecule has 2 aromatic carbocycles. The summed E-state index contributed by atoms with van der Waals surface area (Å²) >= 11 is 0. The minimum absolute atomic E-state index is 0.783. The Labute approximate surface area is 118 Å². The summed E-state index contributed by atoms with van der Waals surface area (Å²) in [5.74, 6) is 6.90. The molecule has 0 unspecified atom stereocenters. The first-order chi connectivity index (χ1) is 9.75. The third-order valence-corrected chi connectivity index (χ3v) is 3.30. The van der Waals surface area contributed by atoms with Crippen molar-refractivity contribution in [1.29, 1.82) is 0 Å². The van der Waals surface area contributed by atoms with Crippen molar-refractivity contribution in [3.05, 3.63) is 72.6 Å². The van der Waals surface area contributed by atoms with E-state index in [0.717, 1.165) is 28.3 Å². The maximum atomic E-state index is 6.12. The SMILES string of the molecule is Cc1nc(-c2ccccc2)cc(-c2ccccc2)[n+]1N. The largest absolute Gasteiger partial charge is 0.319 e. The normalized spacial score (nSPS) is 10.4. The maximum absolute atomic E-state index is 6.12. The zero-order valence-electron chi connectivity index (χ0n) is 11.3. The number of aryl methyl sites for hydroxylation is 1. The van der Waals surface area contributed by atoms with Crippen LogP contribution < -0.4 is 10.5 Å². The van der Waals surface area contributed by atoms with Gasteiger partial charge in [-0.2, -0.15) is 0 Å². The van der Waals surface area contributed by atoms with Crippen molar-refractivity contribution in [2.75, 3.05) is 5.84 Å². The van der Waals surface area contributed by atoms with Crippen LogP contribution in [0.15, 0.2) is 66.7 Å². The van der Waals surface area contributed by atoms with E-state index in [1.165, 1.54) is 0 Å². The molecule has 0 aliphatic rings. The van der Waals surface area contributed by atoms with Crippen molar-refractivity contribution in [3.63, 3.8) is 0 Å². The fourth-order valence-electron chi connectivity index (χ4n) is 2.22. The second-order valence-corrected chi connectivity index (χ2v) is 4.68. The predicted molar refractivity (Wildman–Crippen MR) is 80.2 cm³/mol. The smallest absolute Gasteiger partial charge is 0.268 e. The van der Waals surface area contributed by atoms with Gasteiger partial charge in [0, 0.05) is 24.1 Å². The summed E-state index contributed by atoms with van der Waals surface area (Å²) in [5.41, 5.74) is 4.06. The van der Waals surface area contributed by atoms with Gasteiger partial charge in [0.25, 0.3) is 0 Å². The predicted octanol–water partition coefficient (Wildman–Crippen LogP) is 2.73. The molecule has 0 saturated heterocycles. The van der Waals surface area contributed by atoms with Gasteiger partial charge in [-0.05, 0) is 4.98 Å². The third kappa shape index (κ3) is 2.26. The minimum Gasteiger partial charge on any atom is -0.268 e. The molecule has 0 aliphatic heterocycles. The molecule has 98 valence electrons. The van der Waals surface area contributed by atoms with E-state index in [0.29, 0.717) is 0 Å². The average Bonchev–Trinajstić information content (AvgIpc) is 2.51. The number of benzene rings is 2. The van der Waals surface area contributed by atoms with Crippen LogP contribution in [0.1, 0.15) is 5.82 Å². The van der Waals surface area contributed by atoms with E-state index in [1.807, 2.05) is 61.5 Å². The van der Waals surface area contributed by atoms with Crippen molar-refractivity contribution in [2.24, 2.45) is 0 Å². The summed E-state index contributed by atoms with van der Waals surface area (Å²) in [6, 6.07) is 22.3. The van der Waals surface area contributed by atoms with Crippen LogP contribution in [-0.4, -0.2) is 4.98 Å². The first-order valence-corrected chi connectivity index (χ1v) is 6.55. The van der Waals surface area contributed by atoms with Crippen LogP contribution in [0.25, 0.3) is 22.5 Å². The molecular weight excluding hydrogens is 246 g/mol. The Bertz CT molecular complexity index is 722. The molecule has 0 amide bonds. The molecule has 0 aliphatic carbocycles. The fourth-order valence-corrected chi connectivity index (χ4v) is 2.22. The number of nitrogens with zero attached hydrogens (tertiary/aromatic N) is 2. The maximum Gasteiger partial charge on any atom is 0.319 e. The molecule has 2 N–H and O–H groups in total. The lowest BCUT2D eigenvalue weighted by atomic mass is 10.1. The van der Waals surface area contributed by atoms with E-state index in [9.17, 15) is 0 Å². The van der Waals surface area contributed by atoms with E-state index < -0.39 is 0 Å². The standard InChI is InChI=1S/C17H16N3/c1-13-19-16(14-8-4-2-5-9-14)12-17(20(13)18)15-10-6-3-7-11-15/h2-12H,18H2,1H3/q+1. The van der Waals surface area contributed by atoms with Gasteiger partial charge in [0.2, 0.25) is 0 Å². The number of aromatic nitrogens is 2. The highest BCUT2D eigenvalue weighted by Gasteiger charge is 2.17. The van der Waals surface area contributed by atoms with Crippen LogP contribution in [0.4, 0.5) is 0 Å². The van der Waals surface area contributed by atoms with E-state index in [-0.39, 0.29) is 0 Å².